The van der Waals surface area contributed by atoms with Gasteiger partial charge < -0.3 is 0 Å². The van der Waals surface area contributed by atoms with E-state index in [4.69, 9.17) is 0 Å². The van der Waals surface area contributed by atoms with E-state index < -0.39 is 0 Å². The van der Waals surface area contributed by atoms with Gasteiger partial charge in [-0.15, -0.1) is 0 Å². The number of rotatable bonds is 5. The maximum Gasteiger partial charge on any atom is 0.123 e. The van der Waals surface area contributed by atoms with Crippen LogP contribution in [0, 0.1) is 18.7 Å². The van der Waals surface area contributed by atoms with Crippen LogP contribution in [0.25, 0.3) is 16.6 Å². The quantitative estimate of drug-likeness (QED) is 0.271. The molecule has 3 atom stereocenters. The summed E-state index contributed by atoms with van der Waals surface area (Å²) in [5.41, 5.74) is 7.60. The van der Waals surface area contributed by atoms with Crippen molar-refractivity contribution in [1.29, 1.82) is 0 Å². The van der Waals surface area contributed by atoms with E-state index in [0.717, 1.165) is 36.2 Å². The molecule has 0 unspecified atom stereocenters. The molecule has 0 bridgehead atoms. The van der Waals surface area contributed by atoms with Crippen LogP contribution in [-0.2, 0) is 17.4 Å². The Morgan fingerprint density at radius 1 is 0.919 bits per heavy atom. The van der Waals surface area contributed by atoms with E-state index in [1.165, 1.54) is 34.4 Å². The first-order valence-electron chi connectivity index (χ1n) is 13.1. The number of nitrogens with zero attached hydrogens (tertiary/aromatic N) is 3. The minimum absolute atomic E-state index is 0.0549. The summed E-state index contributed by atoms with van der Waals surface area (Å²) < 4.78 is 15.4. The molecule has 1 aliphatic carbocycles. The zero-order valence-corrected chi connectivity index (χ0v) is 21.2. The van der Waals surface area contributed by atoms with Crippen LogP contribution in [0.15, 0.2) is 103 Å². The summed E-state index contributed by atoms with van der Waals surface area (Å²) in [6.45, 7) is 7.82. The molecule has 4 heteroatoms. The van der Waals surface area contributed by atoms with Crippen LogP contribution in [0.2, 0.25) is 0 Å². The van der Waals surface area contributed by atoms with E-state index in [-0.39, 0.29) is 16.6 Å². The smallest absolute Gasteiger partial charge is 0.123 e. The first kappa shape index (κ1) is 22.4. The molecule has 1 aliphatic heterocycles. The predicted octanol–water partition coefficient (Wildman–Crippen LogP) is 6.81. The topological polar surface area (TPSA) is 21.1 Å². The molecule has 0 spiro atoms. The highest BCUT2D eigenvalue weighted by Crippen LogP contribution is 2.73. The molecule has 3 nitrogen and oxygen atoms in total. The molecular formula is C33H30FN3. The Balaban J connectivity index is 1.32. The fourth-order valence-corrected chi connectivity index (χ4v) is 7.29. The lowest BCUT2D eigenvalue weighted by Crippen LogP contribution is -2.34. The third-order valence-corrected chi connectivity index (χ3v) is 9.14. The molecule has 184 valence electrons. The Labute approximate surface area is 217 Å². The lowest BCUT2D eigenvalue weighted by Gasteiger charge is -2.31. The molecule has 1 aromatic heterocycles. The first-order valence-corrected chi connectivity index (χ1v) is 13.1. The normalized spacial score (nSPS) is 24.9. The molecule has 37 heavy (non-hydrogen) atoms. The van der Waals surface area contributed by atoms with Crippen LogP contribution < -0.4 is 0 Å². The fourth-order valence-electron chi connectivity index (χ4n) is 7.29. The lowest BCUT2D eigenvalue weighted by atomic mass is 9.80. The number of hydrogen-bond acceptors (Lipinski definition) is 2. The van der Waals surface area contributed by atoms with Gasteiger partial charge in [0.25, 0.3) is 0 Å². The second-order valence-corrected chi connectivity index (χ2v) is 11.0. The van der Waals surface area contributed by atoms with Crippen LogP contribution in [-0.4, -0.2) is 27.8 Å². The first-order chi connectivity index (χ1) is 18.0. The number of aromatic nitrogens is 2. The second-order valence-electron chi connectivity index (χ2n) is 11.0. The highest BCUT2D eigenvalue weighted by molar-refractivity contribution is 5.83. The number of likely N-dealkylation sites (tertiary alicyclic amines) is 1. The summed E-state index contributed by atoms with van der Waals surface area (Å²) in [6.07, 6.45) is 1.95. The summed E-state index contributed by atoms with van der Waals surface area (Å²) in [6, 6.07) is 33.1. The second kappa shape index (κ2) is 8.12. The van der Waals surface area contributed by atoms with Crippen molar-refractivity contribution in [3.8, 4) is 5.69 Å². The molecule has 2 heterocycles. The third kappa shape index (κ3) is 3.25. The van der Waals surface area contributed by atoms with E-state index in [1.807, 2.05) is 10.9 Å². The lowest BCUT2D eigenvalue weighted by molar-refractivity contribution is 0.260. The van der Waals surface area contributed by atoms with Crippen molar-refractivity contribution in [3.63, 3.8) is 0 Å². The van der Waals surface area contributed by atoms with Crippen molar-refractivity contribution in [3.05, 3.63) is 131 Å². The molecule has 7 rings (SSSR count). The van der Waals surface area contributed by atoms with Crippen molar-refractivity contribution in [2.75, 3.05) is 13.1 Å². The summed E-state index contributed by atoms with van der Waals surface area (Å²) >= 11 is 0. The minimum atomic E-state index is -0.237. The molecule has 0 amide bonds. The number of benzene rings is 4. The van der Waals surface area contributed by atoms with Crippen molar-refractivity contribution < 1.29 is 4.39 Å². The van der Waals surface area contributed by atoms with Gasteiger partial charge in [0.2, 0.25) is 0 Å². The molecular weight excluding hydrogens is 457 g/mol. The molecule has 0 N–H and O–H groups in total. The Morgan fingerprint density at radius 2 is 1.62 bits per heavy atom. The molecule has 0 radical (unpaired) electrons. The van der Waals surface area contributed by atoms with Gasteiger partial charge in [-0.3, -0.25) is 4.90 Å². The molecule has 4 aromatic carbocycles. The van der Waals surface area contributed by atoms with Gasteiger partial charge in [-0.05, 0) is 71.5 Å². The number of hydrogen-bond donors (Lipinski definition) is 0. The van der Waals surface area contributed by atoms with Crippen molar-refractivity contribution in [2.24, 2.45) is 5.92 Å². The Bertz CT molecular complexity index is 1590. The number of piperidine rings is 1. The van der Waals surface area contributed by atoms with Gasteiger partial charge in [0, 0.05) is 35.9 Å². The summed E-state index contributed by atoms with van der Waals surface area (Å²) in [7, 11) is 0. The van der Waals surface area contributed by atoms with Gasteiger partial charge in [-0.2, -0.15) is 5.10 Å². The standard InChI is InChI=1S/C33H30FN3/c1-23-17-30-25(19-35-37(30)28-15-13-27(34)14-16-28)18-29(23)33-22-36(20-24-9-5-3-6-10-24)21-31(33)32(33,2)26-11-7-4-8-12-26/h3-19,31H,20-22H2,1-2H3/t31-,32-,33+/m1/s1. The fraction of sp³-hybridized carbons (Fsp3) is 0.242. The average Bonchev–Trinajstić information content (AvgIpc) is 3.25. The van der Waals surface area contributed by atoms with Crippen molar-refractivity contribution in [2.45, 2.75) is 31.2 Å². The van der Waals surface area contributed by atoms with Crippen molar-refractivity contribution in [1.82, 2.24) is 14.7 Å². The Morgan fingerprint density at radius 3 is 2.35 bits per heavy atom. The summed E-state index contributed by atoms with van der Waals surface area (Å²) in [5, 5.41) is 5.82. The van der Waals surface area contributed by atoms with E-state index in [9.17, 15) is 4.39 Å². The van der Waals surface area contributed by atoms with E-state index in [1.54, 1.807) is 12.1 Å². The third-order valence-electron chi connectivity index (χ3n) is 9.14. The highest BCUT2D eigenvalue weighted by atomic mass is 19.1. The largest absolute Gasteiger partial charge is 0.298 e. The zero-order chi connectivity index (χ0) is 25.2. The summed E-state index contributed by atoms with van der Waals surface area (Å²) in [5.74, 6) is 0.313. The number of aryl methyl sites for hydroxylation is 1. The maximum absolute atomic E-state index is 13.5. The average molecular weight is 488 g/mol. The van der Waals surface area contributed by atoms with Gasteiger partial charge >= 0.3 is 0 Å². The number of fused-ring (bicyclic) bond motifs is 2. The van der Waals surface area contributed by atoms with Crippen LogP contribution in [0.1, 0.15) is 29.2 Å². The SMILES string of the molecule is Cc1cc2c(cnn2-c2ccc(F)cc2)cc1[C@@]12CN(Cc3ccccc3)C[C@@H]1[C@@]2(C)c1ccccc1. The van der Waals surface area contributed by atoms with Crippen LogP contribution in [0.3, 0.4) is 0 Å². The highest BCUT2D eigenvalue weighted by Gasteiger charge is 2.78. The Hall–Kier alpha value is -3.76. The van der Waals surface area contributed by atoms with Gasteiger partial charge in [-0.25, -0.2) is 9.07 Å². The van der Waals surface area contributed by atoms with Crippen LogP contribution in [0.4, 0.5) is 4.39 Å². The monoisotopic (exact) mass is 487 g/mol. The van der Waals surface area contributed by atoms with Gasteiger partial charge in [0.15, 0.2) is 0 Å². The van der Waals surface area contributed by atoms with Gasteiger partial charge in [0.05, 0.1) is 17.4 Å². The van der Waals surface area contributed by atoms with Gasteiger partial charge in [-0.1, -0.05) is 67.6 Å². The zero-order valence-electron chi connectivity index (χ0n) is 21.2. The van der Waals surface area contributed by atoms with Gasteiger partial charge in [0.1, 0.15) is 5.82 Å². The predicted molar refractivity (Wildman–Crippen MR) is 146 cm³/mol. The Kier molecular flexibility index (Phi) is 4.93. The van der Waals surface area contributed by atoms with Crippen LogP contribution in [0.5, 0.6) is 0 Å². The van der Waals surface area contributed by atoms with E-state index >= 15 is 0 Å². The molecule has 2 aliphatic rings. The van der Waals surface area contributed by atoms with E-state index in [2.05, 4.69) is 96.6 Å². The summed E-state index contributed by atoms with van der Waals surface area (Å²) in [4.78, 5) is 2.64. The number of halogens is 1. The minimum Gasteiger partial charge on any atom is -0.298 e. The maximum atomic E-state index is 13.5. The van der Waals surface area contributed by atoms with E-state index in [0.29, 0.717) is 5.92 Å². The molecule has 2 fully saturated rings. The van der Waals surface area contributed by atoms with Crippen LogP contribution >= 0.6 is 0 Å². The molecule has 1 saturated carbocycles. The molecule has 5 aromatic rings. The molecule has 1 saturated heterocycles. The van der Waals surface area contributed by atoms with Crippen molar-refractivity contribution >= 4 is 10.9 Å².